The number of aliphatic hydroxyl groups is 2. The molecule has 1 aromatic rings. The van der Waals surface area contributed by atoms with E-state index in [1.807, 2.05) is 13.8 Å². The predicted molar refractivity (Wildman–Crippen MR) is 141 cm³/mol. The number of aromatic nitrogens is 1. The summed E-state index contributed by atoms with van der Waals surface area (Å²) in [4.78, 5) is 31.1. The molecule has 4 heterocycles. The molecule has 3 aliphatic rings. The van der Waals surface area contributed by atoms with E-state index in [1.165, 1.54) is 6.26 Å². The molecule has 3 saturated heterocycles. The number of halogens is 1. The van der Waals surface area contributed by atoms with Gasteiger partial charge >= 0.3 is 0 Å². The van der Waals surface area contributed by atoms with Crippen LogP contribution >= 0.6 is 11.6 Å². The number of epoxide rings is 2. The summed E-state index contributed by atoms with van der Waals surface area (Å²) in [5, 5.41) is 25.6. The van der Waals surface area contributed by atoms with Gasteiger partial charge in [0.1, 0.15) is 17.7 Å². The van der Waals surface area contributed by atoms with Crippen LogP contribution in [0.3, 0.4) is 0 Å². The van der Waals surface area contributed by atoms with Gasteiger partial charge in [0, 0.05) is 24.3 Å². The zero-order valence-electron chi connectivity index (χ0n) is 22.9. The molecule has 1 amide bonds. The number of rotatable bonds is 4. The van der Waals surface area contributed by atoms with Gasteiger partial charge in [-0.15, -0.1) is 0 Å². The molecule has 38 heavy (non-hydrogen) atoms. The van der Waals surface area contributed by atoms with Gasteiger partial charge in [0.25, 0.3) is 0 Å². The van der Waals surface area contributed by atoms with Crippen LogP contribution in [-0.2, 0) is 19.1 Å². The Kier molecular flexibility index (Phi) is 8.74. The van der Waals surface area contributed by atoms with Crippen LogP contribution in [0.15, 0.2) is 15.7 Å². The third-order valence-corrected chi connectivity index (χ3v) is 8.88. The van der Waals surface area contributed by atoms with Crippen molar-refractivity contribution in [1.82, 2.24) is 10.3 Å². The maximum Gasteiger partial charge on any atom is 0.223 e. The minimum atomic E-state index is -1.25. The molecule has 3 N–H and O–H groups in total. The van der Waals surface area contributed by atoms with Crippen LogP contribution < -0.4 is 5.32 Å². The number of aliphatic hydroxyl groups excluding tert-OH is 2. The minimum Gasteiger partial charge on any atom is -0.449 e. The number of amides is 1. The van der Waals surface area contributed by atoms with Crippen molar-refractivity contribution in [2.75, 3.05) is 6.61 Å². The summed E-state index contributed by atoms with van der Waals surface area (Å²) in [6.07, 6.45) is 3.76. The van der Waals surface area contributed by atoms with Crippen molar-refractivity contribution < 1.29 is 33.7 Å². The number of hydrogen-bond donors (Lipinski definition) is 3. The third kappa shape index (κ3) is 6.86. The van der Waals surface area contributed by atoms with Crippen LogP contribution in [0.4, 0.5) is 0 Å². The number of carbonyl (C=O) groups excluding carboxylic acids is 2. The van der Waals surface area contributed by atoms with E-state index in [1.54, 1.807) is 26.8 Å². The second kappa shape index (κ2) is 11.4. The van der Waals surface area contributed by atoms with E-state index in [4.69, 9.17) is 25.5 Å². The molecule has 0 spiro atoms. The van der Waals surface area contributed by atoms with Crippen molar-refractivity contribution in [1.29, 1.82) is 0 Å². The van der Waals surface area contributed by atoms with Gasteiger partial charge in [-0.05, 0) is 38.2 Å². The second-order valence-corrected chi connectivity index (χ2v) is 12.5. The monoisotopic (exact) mass is 552 g/mol. The summed E-state index contributed by atoms with van der Waals surface area (Å²) in [6.45, 7) is 9.57. The number of Topliss-reactive ketones (excluding diaryl/α,β-unsaturated/α-hetero) is 1. The Morgan fingerprint density at radius 2 is 2.00 bits per heavy atom. The second-order valence-electron chi connectivity index (χ2n) is 12.1. The normalized spacial score (nSPS) is 38.8. The Hall–Kier alpha value is -1.78. The molecule has 0 aromatic carbocycles. The largest absolute Gasteiger partial charge is 0.449 e. The van der Waals surface area contributed by atoms with Crippen molar-refractivity contribution in [3.63, 3.8) is 0 Å². The van der Waals surface area contributed by atoms with Gasteiger partial charge in [0.2, 0.25) is 5.91 Å². The number of carbonyl (C=O) groups is 2. The molecule has 3 aliphatic heterocycles. The Balaban J connectivity index is 1.58. The molecule has 8 atom stereocenters. The fourth-order valence-corrected chi connectivity index (χ4v) is 5.76. The molecule has 3 fully saturated rings. The van der Waals surface area contributed by atoms with Crippen molar-refractivity contribution in [3.05, 3.63) is 22.9 Å². The van der Waals surface area contributed by atoms with E-state index >= 15 is 0 Å². The lowest BCUT2D eigenvalue weighted by molar-refractivity contribution is -0.144. The first-order valence-corrected chi connectivity index (χ1v) is 14.0. The predicted octanol–water partition coefficient (Wildman–Crippen LogP) is 3.53. The molecule has 0 bridgehead atoms. The topological polar surface area (TPSA) is 138 Å². The smallest absolute Gasteiger partial charge is 0.223 e. The number of nitrogens with zero attached hydrogens (tertiary/aromatic N) is 1. The van der Waals surface area contributed by atoms with Crippen LogP contribution in [0.1, 0.15) is 77.8 Å². The minimum absolute atomic E-state index is 0.0598. The van der Waals surface area contributed by atoms with Crippen LogP contribution in [-0.4, -0.2) is 69.6 Å². The number of ether oxygens (including phenoxy) is 2. The highest BCUT2D eigenvalue weighted by atomic mass is 35.5. The highest BCUT2D eigenvalue weighted by molar-refractivity contribution is 6.32. The number of hydrogen-bond acceptors (Lipinski definition) is 8. The van der Waals surface area contributed by atoms with Gasteiger partial charge in [-0.2, -0.15) is 0 Å². The van der Waals surface area contributed by atoms with E-state index < -0.39 is 35.5 Å². The molecule has 212 valence electrons. The van der Waals surface area contributed by atoms with E-state index in [2.05, 4.69) is 10.3 Å². The third-order valence-electron chi connectivity index (χ3n) is 8.51. The maximum atomic E-state index is 13.7. The number of fused-ring (bicyclic) bond motifs is 1. The molecule has 0 aliphatic carbocycles. The van der Waals surface area contributed by atoms with Gasteiger partial charge in [-0.3, -0.25) is 9.59 Å². The first-order valence-electron chi connectivity index (χ1n) is 13.6. The molecule has 9 nitrogen and oxygen atoms in total. The van der Waals surface area contributed by atoms with E-state index in [0.717, 1.165) is 19.3 Å². The number of nitrogens with one attached hydrogen (secondary N) is 1. The van der Waals surface area contributed by atoms with E-state index in [-0.39, 0.29) is 35.9 Å². The van der Waals surface area contributed by atoms with Crippen LogP contribution in [0.2, 0.25) is 0 Å². The maximum absolute atomic E-state index is 13.7. The Morgan fingerprint density at radius 3 is 2.63 bits per heavy atom. The Labute approximate surface area is 229 Å². The summed E-state index contributed by atoms with van der Waals surface area (Å²) in [5.74, 6) is -0.995. The van der Waals surface area contributed by atoms with Crippen LogP contribution in [0, 0.1) is 24.2 Å². The van der Waals surface area contributed by atoms with Gasteiger partial charge in [0.15, 0.2) is 5.89 Å². The number of ketones is 1. The molecule has 1 aromatic heterocycles. The zero-order valence-corrected chi connectivity index (χ0v) is 23.7. The van der Waals surface area contributed by atoms with Crippen molar-refractivity contribution >= 4 is 29.4 Å². The Morgan fingerprint density at radius 1 is 1.29 bits per heavy atom. The zero-order chi connectivity index (χ0) is 27.8. The van der Waals surface area contributed by atoms with E-state index in [0.29, 0.717) is 36.1 Å². The molecule has 4 rings (SSSR count). The van der Waals surface area contributed by atoms with Crippen molar-refractivity contribution in [2.24, 2.45) is 17.3 Å². The molecule has 0 radical (unpaired) electrons. The van der Waals surface area contributed by atoms with Gasteiger partial charge in [-0.25, -0.2) is 4.98 Å². The first-order chi connectivity index (χ1) is 17.8. The molecular weight excluding hydrogens is 512 g/mol. The summed E-state index contributed by atoms with van der Waals surface area (Å²) in [6, 6.07) is -0.563. The van der Waals surface area contributed by atoms with Crippen LogP contribution in [0.5, 0.6) is 0 Å². The fraction of sp³-hybridized carbons (Fsp3) is 0.750. The average Bonchev–Trinajstić information content (AvgIpc) is 3.74. The van der Waals surface area contributed by atoms with Gasteiger partial charge < -0.3 is 29.4 Å². The van der Waals surface area contributed by atoms with E-state index in [9.17, 15) is 19.8 Å². The molecule has 0 saturated carbocycles. The lowest BCUT2D eigenvalue weighted by Gasteiger charge is -2.36. The summed E-state index contributed by atoms with van der Waals surface area (Å²) in [5.41, 5.74) is -1.07. The lowest BCUT2D eigenvalue weighted by atomic mass is 9.71. The summed E-state index contributed by atoms with van der Waals surface area (Å²) < 4.78 is 16.7. The highest BCUT2D eigenvalue weighted by Crippen LogP contribution is 2.45. The van der Waals surface area contributed by atoms with Gasteiger partial charge in [0.05, 0.1) is 54.5 Å². The number of aryl methyl sites for hydroxylation is 1. The standard InChI is InChI=1S/C28H41ClN2O7/c1-15-7-6-8-28(5)23(38-28)11-21(20(29)9-17-13-36-16(2)30-17)31-24(33)12-22(32)27(3,4)26(35)19(25(15)34)10-18-14-37-18/h9,13,15,18-19,21-23,25,32,34H,6-8,10-12,14H2,1-5H3,(H,31,33)/t15-,18?,19+,21-,22-,23?,25+,28?/m0/s1. The summed E-state index contributed by atoms with van der Waals surface area (Å²) in [7, 11) is 0. The lowest BCUT2D eigenvalue weighted by Crippen LogP contribution is -2.48. The Bertz CT molecular complexity index is 1050. The van der Waals surface area contributed by atoms with Gasteiger partial charge in [-0.1, -0.05) is 38.8 Å². The van der Waals surface area contributed by atoms with Crippen molar-refractivity contribution in [3.8, 4) is 0 Å². The molecule has 10 heteroatoms. The fourth-order valence-electron chi connectivity index (χ4n) is 5.51. The summed E-state index contributed by atoms with van der Waals surface area (Å²) >= 11 is 6.67. The molecular formula is C28H41ClN2O7. The van der Waals surface area contributed by atoms with Crippen LogP contribution in [0.25, 0.3) is 6.08 Å². The first kappa shape index (κ1) is 29.2. The van der Waals surface area contributed by atoms with Crippen molar-refractivity contribution in [2.45, 2.75) is 109 Å². The SMILES string of the molecule is Cc1nc(C=C(Cl)[C@@H]2CC3OC3(C)CCC[C@H](C)[C@@H](O)[C@@H](CC3CO3)C(=O)C(C)(C)[C@@H](O)CC(=O)N2)co1. The quantitative estimate of drug-likeness (QED) is 0.482. The highest BCUT2D eigenvalue weighted by Gasteiger charge is 2.53. The molecule has 3 unspecified atom stereocenters. The number of oxazole rings is 1. The average molecular weight is 553 g/mol.